The Labute approximate surface area is 245 Å². The zero-order chi connectivity index (χ0) is 28.6. The predicted octanol–water partition coefficient (Wildman–Crippen LogP) is 7.03. The second-order valence-corrected chi connectivity index (χ2v) is 14.2. The lowest BCUT2D eigenvalue weighted by Gasteiger charge is -2.35. The van der Waals surface area contributed by atoms with Crippen molar-refractivity contribution in [3.8, 4) is 0 Å². The number of carboxylic acids is 1. The summed E-state index contributed by atoms with van der Waals surface area (Å²) >= 11 is 12.8. The number of aromatic nitrogens is 2. The summed E-state index contributed by atoms with van der Waals surface area (Å²) < 4.78 is 2.01. The molecule has 0 saturated heterocycles. The van der Waals surface area contributed by atoms with E-state index in [0.29, 0.717) is 43.1 Å². The van der Waals surface area contributed by atoms with Crippen molar-refractivity contribution in [3.63, 3.8) is 0 Å². The molecule has 4 aliphatic carbocycles. The third-order valence-corrected chi connectivity index (χ3v) is 11.2. The van der Waals surface area contributed by atoms with E-state index in [-0.39, 0.29) is 57.3 Å². The van der Waals surface area contributed by atoms with Gasteiger partial charge in [0.15, 0.2) is 5.78 Å². The molecule has 4 aliphatic rings. The van der Waals surface area contributed by atoms with Crippen LogP contribution < -0.4 is 0 Å². The molecule has 1 aromatic carbocycles. The Bertz CT molecular complexity index is 1340. The van der Waals surface area contributed by atoms with E-state index in [0.717, 1.165) is 31.4 Å². The third kappa shape index (κ3) is 4.67. The standard InChI is InChI=1S/C31H37Cl2N3O4/c1-30(2)21-13-19(14-22(21)30)35(16-25(37)26-23(32)5-4-6-24(26)33)28(38)20-15-34-36(27(20)17-7-8-17)18-9-11-31(3,12-10-18)29(39)40/h4-6,15,17-19,21-22H,7-14,16H2,1-3H3,(H,39,40)/t18-,19-,21+,22-,31-. The smallest absolute Gasteiger partial charge is 0.309 e. The van der Waals surface area contributed by atoms with Gasteiger partial charge in [-0.25, -0.2) is 0 Å². The molecular weight excluding hydrogens is 549 g/mol. The fraction of sp³-hybridized carbons (Fsp3) is 0.613. The zero-order valence-electron chi connectivity index (χ0n) is 23.3. The molecule has 1 heterocycles. The molecule has 4 fully saturated rings. The van der Waals surface area contributed by atoms with Crippen LogP contribution in [0.5, 0.6) is 0 Å². The average molecular weight is 587 g/mol. The van der Waals surface area contributed by atoms with Crippen molar-refractivity contribution in [1.82, 2.24) is 14.7 Å². The largest absolute Gasteiger partial charge is 0.481 e. The molecule has 7 nitrogen and oxygen atoms in total. The van der Waals surface area contributed by atoms with Crippen LogP contribution >= 0.6 is 23.2 Å². The van der Waals surface area contributed by atoms with Gasteiger partial charge in [0.2, 0.25) is 0 Å². The Morgan fingerprint density at radius 3 is 2.17 bits per heavy atom. The minimum atomic E-state index is -0.749. The summed E-state index contributed by atoms with van der Waals surface area (Å²) in [5.74, 6) is 0.220. The minimum absolute atomic E-state index is 0.0258. The van der Waals surface area contributed by atoms with E-state index in [1.54, 1.807) is 29.3 Å². The van der Waals surface area contributed by atoms with Gasteiger partial charge in [-0.1, -0.05) is 43.1 Å². The van der Waals surface area contributed by atoms with Crippen LogP contribution in [0.1, 0.15) is 111 Å². The Hall–Kier alpha value is -2.38. The molecule has 1 amide bonds. The van der Waals surface area contributed by atoms with E-state index in [2.05, 4.69) is 13.8 Å². The normalized spacial score (nSPS) is 30.5. The van der Waals surface area contributed by atoms with Crippen LogP contribution in [0, 0.1) is 22.7 Å². The summed E-state index contributed by atoms with van der Waals surface area (Å²) in [6.45, 7) is 6.31. The van der Waals surface area contributed by atoms with Crippen LogP contribution in [0.2, 0.25) is 10.0 Å². The van der Waals surface area contributed by atoms with E-state index in [1.807, 2.05) is 11.6 Å². The van der Waals surface area contributed by atoms with Crippen LogP contribution in [0.4, 0.5) is 0 Å². The lowest BCUT2D eigenvalue weighted by Crippen LogP contribution is -2.44. The highest BCUT2D eigenvalue weighted by Crippen LogP contribution is 2.67. The maximum atomic E-state index is 14.4. The Kier molecular flexibility index (Phi) is 6.85. The van der Waals surface area contributed by atoms with Gasteiger partial charge >= 0.3 is 5.97 Å². The first kappa shape index (κ1) is 27.8. The van der Waals surface area contributed by atoms with E-state index in [4.69, 9.17) is 28.3 Å². The van der Waals surface area contributed by atoms with Crippen molar-refractivity contribution < 1.29 is 19.5 Å². The molecule has 2 aromatic rings. The van der Waals surface area contributed by atoms with Gasteiger partial charge in [-0.15, -0.1) is 0 Å². The third-order valence-electron chi connectivity index (χ3n) is 10.5. The van der Waals surface area contributed by atoms with Crippen molar-refractivity contribution in [2.45, 2.75) is 90.1 Å². The number of hydrogen-bond acceptors (Lipinski definition) is 4. The number of amides is 1. The number of hydrogen-bond donors (Lipinski definition) is 1. The highest BCUT2D eigenvalue weighted by atomic mass is 35.5. The fourth-order valence-corrected chi connectivity index (χ4v) is 8.15. The number of benzene rings is 1. The first-order valence-corrected chi connectivity index (χ1v) is 15.3. The molecule has 0 aliphatic heterocycles. The molecule has 0 spiro atoms. The summed E-state index contributed by atoms with van der Waals surface area (Å²) in [5, 5.41) is 15.0. The van der Waals surface area contributed by atoms with Gasteiger partial charge in [-0.2, -0.15) is 5.10 Å². The lowest BCUT2D eigenvalue weighted by atomic mass is 9.74. The lowest BCUT2D eigenvalue weighted by molar-refractivity contribution is -0.150. The average Bonchev–Trinajstić information content (AvgIpc) is 3.66. The van der Waals surface area contributed by atoms with Crippen molar-refractivity contribution in [2.75, 3.05) is 6.54 Å². The molecular formula is C31H37Cl2N3O4. The maximum absolute atomic E-state index is 14.4. The molecule has 0 radical (unpaired) electrons. The van der Waals surface area contributed by atoms with E-state index in [1.165, 1.54) is 0 Å². The van der Waals surface area contributed by atoms with Crippen molar-refractivity contribution in [3.05, 3.63) is 51.3 Å². The summed E-state index contributed by atoms with van der Waals surface area (Å²) in [6, 6.07) is 5.05. The van der Waals surface area contributed by atoms with Gasteiger partial charge in [0.05, 0.1) is 51.1 Å². The summed E-state index contributed by atoms with van der Waals surface area (Å²) in [4.78, 5) is 41.5. The van der Waals surface area contributed by atoms with Crippen LogP contribution in [-0.4, -0.2) is 50.0 Å². The quantitative estimate of drug-likeness (QED) is 0.335. The summed E-state index contributed by atoms with van der Waals surface area (Å²) in [5.41, 5.74) is 1.36. The molecule has 1 aromatic heterocycles. The van der Waals surface area contributed by atoms with Gasteiger partial charge in [0.1, 0.15) is 0 Å². The first-order chi connectivity index (χ1) is 18.9. The number of carbonyl (C=O) groups excluding carboxylic acids is 2. The molecule has 1 N–H and O–H groups in total. The van der Waals surface area contributed by atoms with Gasteiger partial charge in [0.25, 0.3) is 5.91 Å². The monoisotopic (exact) mass is 585 g/mol. The molecule has 214 valence electrons. The van der Waals surface area contributed by atoms with Crippen LogP contribution in [0.3, 0.4) is 0 Å². The number of fused-ring (bicyclic) bond motifs is 1. The number of Topliss-reactive ketones (excluding diaryl/α,β-unsaturated/α-hetero) is 1. The van der Waals surface area contributed by atoms with E-state index < -0.39 is 11.4 Å². The Morgan fingerprint density at radius 2 is 1.62 bits per heavy atom. The number of nitrogens with zero attached hydrogens (tertiary/aromatic N) is 3. The number of carboxylic acid groups (broad SMARTS) is 1. The number of rotatable bonds is 8. The zero-order valence-corrected chi connectivity index (χ0v) is 24.8. The summed E-state index contributed by atoms with van der Waals surface area (Å²) in [7, 11) is 0. The van der Waals surface area contributed by atoms with Gasteiger partial charge in [-0.3, -0.25) is 19.1 Å². The Balaban J connectivity index is 1.29. The topological polar surface area (TPSA) is 92.5 Å². The van der Waals surface area contributed by atoms with Crippen molar-refractivity contribution >= 4 is 40.9 Å². The van der Waals surface area contributed by atoms with Crippen LogP contribution in [-0.2, 0) is 4.79 Å². The Morgan fingerprint density at radius 1 is 1.02 bits per heavy atom. The highest BCUT2D eigenvalue weighted by molar-refractivity contribution is 6.40. The second-order valence-electron chi connectivity index (χ2n) is 13.4. The molecule has 40 heavy (non-hydrogen) atoms. The van der Waals surface area contributed by atoms with E-state index >= 15 is 0 Å². The molecule has 0 bridgehead atoms. The fourth-order valence-electron chi connectivity index (χ4n) is 7.54. The number of carbonyl (C=O) groups is 3. The molecule has 3 atom stereocenters. The summed E-state index contributed by atoms with van der Waals surface area (Å²) in [6.07, 6.45) is 8.05. The predicted molar refractivity (Wildman–Crippen MR) is 153 cm³/mol. The second kappa shape index (κ2) is 9.87. The minimum Gasteiger partial charge on any atom is -0.481 e. The number of aliphatic carboxylic acids is 1. The maximum Gasteiger partial charge on any atom is 0.309 e. The molecule has 0 unspecified atom stereocenters. The first-order valence-electron chi connectivity index (χ1n) is 14.5. The van der Waals surface area contributed by atoms with Crippen molar-refractivity contribution in [1.29, 1.82) is 0 Å². The van der Waals surface area contributed by atoms with Gasteiger partial charge in [0, 0.05) is 12.0 Å². The molecule has 6 rings (SSSR count). The van der Waals surface area contributed by atoms with E-state index in [9.17, 15) is 19.5 Å². The van der Waals surface area contributed by atoms with Gasteiger partial charge < -0.3 is 10.0 Å². The molecule has 4 saturated carbocycles. The van der Waals surface area contributed by atoms with Crippen LogP contribution in [0.25, 0.3) is 0 Å². The molecule has 9 heteroatoms. The van der Waals surface area contributed by atoms with Gasteiger partial charge in [-0.05, 0) is 87.7 Å². The highest BCUT2D eigenvalue weighted by Gasteiger charge is 2.63. The number of halogens is 2. The van der Waals surface area contributed by atoms with Crippen molar-refractivity contribution in [2.24, 2.45) is 22.7 Å². The van der Waals surface area contributed by atoms with Crippen LogP contribution in [0.15, 0.2) is 24.4 Å². The number of ketones is 1. The SMILES string of the molecule is CC1(C)[C@@H]2C[C@H](N(CC(=O)c3c(Cl)cccc3Cl)C(=O)c3cnn([C@H]4CC[C@](C)(C(=O)O)CC4)c3C3CC3)C[C@@H]21.